The topological polar surface area (TPSA) is 75.9 Å². The Hall–Kier alpha value is -3.22. The van der Waals surface area contributed by atoms with Gasteiger partial charge in [0.15, 0.2) is 0 Å². The van der Waals surface area contributed by atoms with E-state index in [0.29, 0.717) is 23.2 Å². The Balaban J connectivity index is 1.51. The highest BCUT2D eigenvalue weighted by atomic mass is 16.2. The molecule has 1 saturated heterocycles. The summed E-state index contributed by atoms with van der Waals surface area (Å²) < 4.78 is 1.75. The molecule has 1 aliphatic rings. The van der Waals surface area contributed by atoms with Gasteiger partial charge in [0.1, 0.15) is 30.0 Å². The number of rotatable bonds is 4. The molecule has 0 saturated carbocycles. The van der Waals surface area contributed by atoms with Crippen LogP contribution >= 0.6 is 0 Å². The third-order valence-corrected chi connectivity index (χ3v) is 4.71. The van der Waals surface area contributed by atoms with Crippen molar-refractivity contribution in [2.24, 2.45) is 5.92 Å². The minimum atomic E-state index is -0.0167. The summed E-state index contributed by atoms with van der Waals surface area (Å²) in [6.07, 6.45) is 7.07. The predicted octanol–water partition coefficient (Wildman–Crippen LogP) is 3.28. The summed E-state index contributed by atoms with van der Waals surface area (Å²) in [7, 11) is 0. The molecule has 1 N–H and O–H groups in total. The normalized spacial score (nSPS) is 16.9. The molecule has 1 aliphatic heterocycles. The second-order valence-electron chi connectivity index (χ2n) is 6.92. The number of likely N-dealkylation sites (tertiary alicyclic amines) is 1. The minimum Gasteiger partial charge on any atom is -0.340 e. The number of anilines is 2. The molecule has 1 fully saturated rings. The molecule has 1 atom stereocenters. The highest BCUT2D eigenvalue weighted by molar-refractivity contribution is 5.92. The molecule has 4 rings (SSSR count). The lowest BCUT2D eigenvalue weighted by Gasteiger charge is -2.30. The Bertz CT molecular complexity index is 923. The maximum Gasteiger partial charge on any atom is 0.274 e. The van der Waals surface area contributed by atoms with Gasteiger partial charge in [0.05, 0.1) is 0 Å². The number of aromatic nitrogens is 4. The SMILES string of the molecule is CC1CCCN(C(=O)c2cn(-c3cc(Nc4ccccc4)ncn3)cn2)C1. The van der Waals surface area contributed by atoms with E-state index in [1.165, 1.54) is 12.7 Å². The van der Waals surface area contributed by atoms with E-state index in [1.54, 1.807) is 17.1 Å². The number of hydrogen-bond donors (Lipinski definition) is 1. The first kappa shape index (κ1) is 17.2. The van der Waals surface area contributed by atoms with Crippen molar-refractivity contribution in [2.75, 3.05) is 18.4 Å². The van der Waals surface area contributed by atoms with Crippen molar-refractivity contribution in [2.45, 2.75) is 19.8 Å². The molecule has 3 heterocycles. The van der Waals surface area contributed by atoms with Crippen LogP contribution in [-0.4, -0.2) is 43.4 Å². The van der Waals surface area contributed by atoms with Crippen molar-refractivity contribution < 1.29 is 4.79 Å². The molecule has 0 bridgehead atoms. The molecule has 0 spiro atoms. The van der Waals surface area contributed by atoms with Crippen LogP contribution in [0.2, 0.25) is 0 Å². The number of para-hydroxylation sites is 1. The van der Waals surface area contributed by atoms with Crippen LogP contribution in [0.1, 0.15) is 30.3 Å². The average molecular weight is 362 g/mol. The maximum absolute atomic E-state index is 12.7. The van der Waals surface area contributed by atoms with E-state index in [4.69, 9.17) is 0 Å². The molecular weight excluding hydrogens is 340 g/mol. The van der Waals surface area contributed by atoms with Gasteiger partial charge in [-0.05, 0) is 30.9 Å². The summed E-state index contributed by atoms with van der Waals surface area (Å²) in [6.45, 7) is 3.78. The third-order valence-electron chi connectivity index (χ3n) is 4.71. The molecular formula is C20H22N6O. The first-order valence-corrected chi connectivity index (χ1v) is 9.17. The van der Waals surface area contributed by atoms with Crippen LogP contribution < -0.4 is 5.32 Å². The lowest BCUT2D eigenvalue weighted by atomic mass is 10.0. The van der Waals surface area contributed by atoms with Crippen LogP contribution in [0.15, 0.2) is 55.2 Å². The second kappa shape index (κ2) is 7.57. The lowest BCUT2D eigenvalue weighted by Crippen LogP contribution is -2.39. The largest absolute Gasteiger partial charge is 0.340 e. The summed E-state index contributed by atoms with van der Waals surface area (Å²) in [5, 5.41) is 3.24. The van der Waals surface area contributed by atoms with Gasteiger partial charge in [0.2, 0.25) is 0 Å². The minimum absolute atomic E-state index is 0.0167. The lowest BCUT2D eigenvalue weighted by molar-refractivity contribution is 0.0677. The van der Waals surface area contributed by atoms with E-state index in [2.05, 4.69) is 27.2 Å². The number of piperidine rings is 1. The van der Waals surface area contributed by atoms with Crippen LogP contribution in [0, 0.1) is 5.92 Å². The molecule has 3 aromatic rings. The monoisotopic (exact) mass is 362 g/mol. The number of benzene rings is 1. The molecule has 138 valence electrons. The molecule has 7 heteroatoms. The van der Waals surface area contributed by atoms with Gasteiger partial charge in [0.25, 0.3) is 5.91 Å². The van der Waals surface area contributed by atoms with E-state index in [0.717, 1.165) is 25.2 Å². The van der Waals surface area contributed by atoms with Crippen molar-refractivity contribution in [1.82, 2.24) is 24.4 Å². The molecule has 2 aromatic heterocycles. The van der Waals surface area contributed by atoms with Crippen LogP contribution in [0.3, 0.4) is 0 Å². The molecule has 7 nitrogen and oxygen atoms in total. The predicted molar refractivity (Wildman–Crippen MR) is 103 cm³/mol. The molecule has 0 radical (unpaired) electrons. The van der Waals surface area contributed by atoms with Crippen LogP contribution in [0.25, 0.3) is 5.82 Å². The number of amides is 1. The van der Waals surface area contributed by atoms with Gasteiger partial charge in [-0.25, -0.2) is 15.0 Å². The van der Waals surface area contributed by atoms with E-state index < -0.39 is 0 Å². The van der Waals surface area contributed by atoms with E-state index in [1.807, 2.05) is 41.3 Å². The Morgan fingerprint density at radius 1 is 1.19 bits per heavy atom. The summed E-state index contributed by atoms with van der Waals surface area (Å²) >= 11 is 0. The maximum atomic E-state index is 12.7. The first-order chi connectivity index (χ1) is 13.2. The highest BCUT2D eigenvalue weighted by Gasteiger charge is 2.23. The van der Waals surface area contributed by atoms with Crippen molar-refractivity contribution in [3.05, 3.63) is 60.9 Å². The molecule has 1 unspecified atom stereocenters. The smallest absolute Gasteiger partial charge is 0.274 e. The van der Waals surface area contributed by atoms with Gasteiger partial charge >= 0.3 is 0 Å². The van der Waals surface area contributed by atoms with E-state index in [9.17, 15) is 4.79 Å². The van der Waals surface area contributed by atoms with Gasteiger partial charge < -0.3 is 10.2 Å². The molecule has 1 amide bonds. The summed E-state index contributed by atoms with van der Waals surface area (Å²) in [5.41, 5.74) is 1.39. The summed E-state index contributed by atoms with van der Waals surface area (Å²) in [5.74, 6) is 1.86. The van der Waals surface area contributed by atoms with Gasteiger partial charge in [-0.3, -0.25) is 9.36 Å². The number of carbonyl (C=O) groups is 1. The molecule has 0 aliphatic carbocycles. The Morgan fingerprint density at radius 2 is 2.04 bits per heavy atom. The summed E-state index contributed by atoms with van der Waals surface area (Å²) in [4.78, 5) is 27.4. The Kier molecular flexibility index (Phi) is 4.82. The van der Waals surface area contributed by atoms with Crippen LogP contribution in [0.5, 0.6) is 0 Å². The van der Waals surface area contributed by atoms with Crippen molar-refractivity contribution >= 4 is 17.4 Å². The number of imidazole rings is 1. The second-order valence-corrected chi connectivity index (χ2v) is 6.92. The number of nitrogens with one attached hydrogen (secondary N) is 1. The summed E-state index contributed by atoms with van der Waals surface area (Å²) in [6, 6.07) is 11.6. The van der Waals surface area contributed by atoms with Crippen molar-refractivity contribution in [3.63, 3.8) is 0 Å². The average Bonchev–Trinajstić information content (AvgIpc) is 3.19. The third kappa shape index (κ3) is 3.97. The van der Waals surface area contributed by atoms with E-state index >= 15 is 0 Å². The van der Waals surface area contributed by atoms with Crippen molar-refractivity contribution in [3.8, 4) is 5.82 Å². The van der Waals surface area contributed by atoms with E-state index in [-0.39, 0.29) is 5.91 Å². The van der Waals surface area contributed by atoms with Gasteiger partial charge in [-0.15, -0.1) is 0 Å². The Morgan fingerprint density at radius 3 is 2.85 bits per heavy atom. The standard InChI is InChI=1S/C20H22N6O/c1-15-6-5-9-25(11-15)20(27)17-12-26(14-23-17)19-10-18(21-13-22-19)24-16-7-3-2-4-8-16/h2-4,7-8,10,12-15H,5-6,9,11H2,1H3,(H,21,22,24). The Labute approximate surface area is 158 Å². The molecule has 1 aromatic carbocycles. The fraction of sp³-hybridized carbons (Fsp3) is 0.300. The zero-order chi connectivity index (χ0) is 18.6. The first-order valence-electron chi connectivity index (χ1n) is 9.17. The fourth-order valence-corrected chi connectivity index (χ4v) is 3.32. The number of hydrogen-bond acceptors (Lipinski definition) is 5. The van der Waals surface area contributed by atoms with Crippen LogP contribution in [-0.2, 0) is 0 Å². The number of nitrogens with zero attached hydrogens (tertiary/aromatic N) is 5. The van der Waals surface area contributed by atoms with Gasteiger partial charge in [0, 0.05) is 31.0 Å². The van der Waals surface area contributed by atoms with Crippen LogP contribution in [0.4, 0.5) is 11.5 Å². The van der Waals surface area contributed by atoms with Crippen molar-refractivity contribution in [1.29, 1.82) is 0 Å². The zero-order valence-corrected chi connectivity index (χ0v) is 15.2. The molecule has 27 heavy (non-hydrogen) atoms. The fourth-order valence-electron chi connectivity index (χ4n) is 3.32. The quantitative estimate of drug-likeness (QED) is 0.771. The van der Waals surface area contributed by atoms with Gasteiger partial charge in [-0.1, -0.05) is 25.1 Å². The van der Waals surface area contributed by atoms with Gasteiger partial charge in [-0.2, -0.15) is 0 Å². The number of carbonyl (C=O) groups excluding carboxylic acids is 1. The zero-order valence-electron chi connectivity index (χ0n) is 15.2. The highest BCUT2D eigenvalue weighted by Crippen LogP contribution is 2.19.